The third kappa shape index (κ3) is 12.4. The summed E-state index contributed by atoms with van der Waals surface area (Å²) >= 11 is 0. The maximum absolute atomic E-state index is 11.9. The van der Waals surface area contributed by atoms with Gasteiger partial charge in [-0.2, -0.15) is 18.2 Å². The van der Waals surface area contributed by atoms with Crippen LogP contribution >= 0.6 is 0 Å². The summed E-state index contributed by atoms with van der Waals surface area (Å²) in [6.45, 7) is 0. The molecule has 3 N–H and O–H groups in total. The summed E-state index contributed by atoms with van der Waals surface area (Å²) in [5, 5.41) is 21.5. The average Bonchev–Trinajstić information content (AvgIpc) is 1.87. The van der Waals surface area contributed by atoms with Crippen LogP contribution in [0.5, 0.6) is 0 Å². The molecule has 0 aliphatic rings. The predicted molar refractivity (Wildman–Crippen MR) is 37.6 cm³/mol. The monoisotopic (exact) mass is 164 g/mol. The molecule has 0 saturated heterocycles. The molecule has 1 rings (SSSR count). The minimum atomic E-state index is -2.17. The van der Waals surface area contributed by atoms with E-state index in [0.717, 1.165) is 0 Å². The van der Waals surface area contributed by atoms with Crippen molar-refractivity contribution < 1.29 is 38.3 Å². The molecule has 0 heterocycles. The quantitative estimate of drug-likeness (QED) is 0.276. The third-order valence-electron chi connectivity index (χ3n) is 0.671. The molecule has 0 aromatic heterocycles. The zero-order chi connectivity index (χ0) is 8.69. The first kappa shape index (κ1) is 14.2. The Balaban J connectivity index is 0. The Labute approximate surface area is 82.2 Å². The Bertz CT molecular complexity index is 183. The van der Waals surface area contributed by atoms with Crippen molar-refractivity contribution >= 4 is 7.32 Å². The summed E-state index contributed by atoms with van der Waals surface area (Å²) in [4.78, 5) is 0. The smallest absolute Gasteiger partial charge is 0.402 e. The van der Waals surface area contributed by atoms with Crippen molar-refractivity contribution in [1.82, 2.24) is 0 Å². The molecule has 0 aliphatic carbocycles. The number of halogens is 1. The van der Waals surface area contributed by atoms with E-state index in [1.54, 1.807) is 12.1 Å². The van der Waals surface area contributed by atoms with E-state index in [1.165, 1.54) is 12.1 Å². The van der Waals surface area contributed by atoms with Crippen LogP contribution in [0.2, 0.25) is 0 Å². The second-order valence-electron chi connectivity index (χ2n) is 1.56. The van der Waals surface area contributed by atoms with E-state index < -0.39 is 7.32 Å². The van der Waals surface area contributed by atoms with E-state index >= 15 is 0 Å². The van der Waals surface area contributed by atoms with Gasteiger partial charge in [0.2, 0.25) is 0 Å². The second-order valence-corrected chi connectivity index (χ2v) is 1.56. The minimum absolute atomic E-state index is 0. The van der Waals surface area contributed by atoms with Crippen molar-refractivity contribution in [2.45, 2.75) is 0 Å². The zero-order valence-corrected chi connectivity index (χ0v) is 6.61. The molecule has 0 atom stereocenters. The van der Waals surface area contributed by atoms with Gasteiger partial charge in [0.25, 0.3) is 0 Å². The van der Waals surface area contributed by atoms with Gasteiger partial charge in [-0.25, -0.2) is 4.39 Å². The molecule has 1 aromatic rings. The SMILES string of the molecule is Fc1[c-]cccc1.OB(O)O.[Li+]. The molecular formula is C6H7BFLiO3. The van der Waals surface area contributed by atoms with Crippen molar-refractivity contribution in [1.29, 1.82) is 0 Å². The minimum Gasteiger partial charge on any atom is -0.402 e. The predicted octanol–water partition coefficient (Wildman–Crippen LogP) is -3.42. The van der Waals surface area contributed by atoms with Gasteiger partial charge in [-0.05, 0) is 0 Å². The maximum atomic E-state index is 11.9. The van der Waals surface area contributed by atoms with Crippen molar-refractivity contribution in [3.8, 4) is 0 Å². The van der Waals surface area contributed by atoms with Crippen molar-refractivity contribution in [2.75, 3.05) is 0 Å². The molecule has 0 unspecified atom stereocenters. The molecular weight excluding hydrogens is 157 g/mol. The van der Waals surface area contributed by atoms with Crippen molar-refractivity contribution in [3.63, 3.8) is 0 Å². The van der Waals surface area contributed by atoms with E-state index in [1.807, 2.05) is 0 Å². The van der Waals surface area contributed by atoms with Crippen molar-refractivity contribution in [2.24, 2.45) is 0 Å². The second kappa shape index (κ2) is 8.79. The first-order chi connectivity index (χ1) is 5.13. The summed E-state index contributed by atoms with van der Waals surface area (Å²) in [5.41, 5.74) is 0. The normalized spacial score (nSPS) is 7.33. The summed E-state index contributed by atoms with van der Waals surface area (Å²) < 4.78 is 11.9. The number of benzene rings is 1. The zero-order valence-electron chi connectivity index (χ0n) is 6.61. The number of hydrogen-bond donors (Lipinski definition) is 3. The standard InChI is InChI=1S/C6H4F.BH3O3.Li/c7-6-4-2-1-3-5-6;2-1(3)4;/h1-4H;2-4H;/q-1;;+1. The summed E-state index contributed by atoms with van der Waals surface area (Å²) in [7, 11) is -2.17. The number of hydrogen-bond acceptors (Lipinski definition) is 3. The van der Waals surface area contributed by atoms with Gasteiger partial charge in [0.15, 0.2) is 0 Å². The van der Waals surface area contributed by atoms with Crippen LogP contribution in [-0.4, -0.2) is 22.4 Å². The molecule has 0 spiro atoms. The average molecular weight is 164 g/mol. The Morgan fingerprint density at radius 3 is 1.92 bits per heavy atom. The van der Waals surface area contributed by atoms with Gasteiger partial charge < -0.3 is 15.1 Å². The molecule has 0 radical (unpaired) electrons. The molecule has 60 valence electrons. The van der Waals surface area contributed by atoms with Gasteiger partial charge in [0.1, 0.15) is 0 Å². The van der Waals surface area contributed by atoms with Crippen molar-refractivity contribution in [3.05, 3.63) is 36.1 Å². The van der Waals surface area contributed by atoms with Gasteiger partial charge in [-0.15, -0.1) is 12.1 Å². The van der Waals surface area contributed by atoms with Crippen LogP contribution in [0, 0.1) is 11.9 Å². The van der Waals surface area contributed by atoms with Gasteiger partial charge >= 0.3 is 26.2 Å². The fourth-order valence-electron chi connectivity index (χ4n) is 0.371. The molecule has 0 bridgehead atoms. The summed E-state index contributed by atoms with van der Waals surface area (Å²) in [5.74, 6) is -0.303. The van der Waals surface area contributed by atoms with Crippen LogP contribution in [0.4, 0.5) is 4.39 Å². The molecule has 3 nitrogen and oxygen atoms in total. The van der Waals surface area contributed by atoms with E-state index in [0.29, 0.717) is 0 Å². The topological polar surface area (TPSA) is 60.7 Å². The Morgan fingerprint density at radius 1 is 1.25 bits per heavy atom. The van der Waals surface area contributed by atoms with Gasteiger partial charge in [0, 0.05) is 5.82 Å². The fourth-order valence-corrected chi connectivity index (χ4v) is 0.371. The maximum Gasteiger partial charge on any atom is 1.00 e. The van der Waals surface area contributed by atoms with Crippen LogP contribution in [-0.2, 0) is 0 Å². The third-order valence-corrected chi connectivity index (χ3v) is 0.671. The summed E-state index contributed by atoms with van der Waals surface area (Å²) in [6.07, 6.45) is 0. The first-order valence-electron chi connectivity index (χ1n) is 2.79. The molecule has 0 amide bonds. The van der Waals surface area contributed by atoms with E-state index in [9.17, 15) is 4.39 Å². The van der Waals surface area contributed by atoms with Crippen LogP contribution in [0.3, 0.4) is 0 Å². The van der Waals surface area contributed by atoms with Crippen LogP contribution < -0.4 is 18.9 Å². The van der Waals surface area contributed by atoms with Gasteiger partial charge in [-0.1, -0.05) is 0 Å². The largest absolute Gasteiger partial charge is 1.00 e. The van der Waals surface area contributed by atoms with Crippen LogP contribution in [0.1, 0.15) is 0 Å². The number of rotatable bonds is 0. The Hall–Kier alpha value is -0.308. The van der Waals surface area contributed by atoms with Crippen LogP contribution in [0.15, 0.2) is 24.3 Å². The molecule has 0 saturated carbocycles. The Kier molecular flexibility index (Phi) is 10.4. The molecule has 0 aliphatic heterocycles. The van der Waals surface area contributed by atoms with Crippen LogP contribution in [0.25, 0.3) is 0 Å². The molecule has 12 heavy (non-hydrogen) atoms. The first-order valence-corrected chi connectivity index (χ1v) is 2.79. The summed E-state index contributed by atoms with van der Waals surface area (Å²) in [6, 6.07) is 8.62. The molecule has 1 aromatic carbocycles. The van der Waals surface area contributed by atoms with Gasteiger partial charge in [-0.3, -0.25) is 0 Å². The van der Waals surface area contributed by atoms with E-state index in [2.05, 4.69) is 6.07 Å². The van der Waals surface area contributed by atoms with E-state index in [-0.39, 0.29) is 24.7 Å². The van der Waals surface area contributed by atoms with Gasteiger partial charge in [0.05, 0.1) is 0 Å². The fraction of sp³-hybridized carbons (Fsp3) is 0. The van der Waals surface area contributed by atoms with E-state index in [4.69, 9.17) is 15.1 Å². The molecule has 0 fully saturated rings. The molecule has 6 heteroatoms. The Morgan fingerprint density at radius 2 is 1.75 bits per heavy atom.